The number of H-pyrrole nitrogens is 1. The minimum absolute atomic E-state index is 0.848. The van der Waals surface area contributed by atoms with Gasteiger partial charge in [0.25, 0.3) is 0 Å². The van der Waals surface area contributed by atoms with E-state index < -0.39 is 0 Å². The van der Waals surface area contributed by atoms with Crippen molar-refractivity contribution in [2.24, 2.45) is 0 Å². The second kappa shape index (κ2) is 9.88. The summed E-state index contributed by atoms with van der Waals surface area (Å²) in [4.78, 5) is 0. The Kier molecular flexibility index (Phi) is 7.62. The molecule has 0 amide bonds. The predicted octanol–water partition coefficient (Wildman–Crippen LogP) is -0.0480. The summed E-state index contributed by atoms with van der Waals surface area (Å²) < 4.78 is 0. The fraction of sp³-hybridized carbons (Fsp3) is 0.786. The Labute approximate surface area is 121 Å². The average Bonchev–Trinajstić information content (AvgIpc) is 2.90. The van der Waals surface area contributed by atoms with Crippen molar-refractivity contribution in [2.75, 3.05) is 39.3 Å². The van der Waals surface area contributed by atoms with E-state index in [1.54, 1.807) is 0 Å². The SMILES string of the molecule is c1c2n[nH]c1CNCCCNCCCNCCCNC2. The van der Waals surface area contributed by atoms with Crippen LogP contribution in [0.3, 0.4) is 0 Å². The minimum atomic E-state index is 0.848. The zero-order chi connectivity index (χ0) is 13.9. The van der Waals surface area contributed by atoms with Crippen molar-refractivity contribution in [1.82, 2.24) is 31.5 Å². The lowest BCUT2D eigenvalue weighted by atomic mass is 10.3. The second-order valence-electron chi connectivity index (χ2n) is 5.30. The third kappa shape index (κ3) is 6.47. The quantitative estimate of drug-likeness (QED) is 0.461. The normalized spacial score (nSPS) is 21.0. The number of rotatable bonds is 0. The molecule has 1 aliphatic rings. The highest BCUT2D eigenvalue weighted by molar-refractivity contribution is 5.08. The molecule has 114 valence electrons. The molecule has 0 fully saturated rings. The monoisotopic (exact) mass is 280 g/mol. The van der Waals surface area contributed by atoms with Gasteiger partial charge in [-0.1, -0.05) is 0 Å². The number of aromatic amines is 1. The van der Waals surface area contributed by atoms with Gasteiger partial charge >= 0.3 is 0 Å². The van der Waals surface area contributed by atoms with Crippen LogP contribution in [0.1, 0.15) is 30.7 Å². The van der Waals surface area contributed by atoms with Gasteiger partial charge in [-0.05, 0) is 64.6 Å². The molecule has 0 radical (unpaired) electrons. The summed E-state index contributed by atoms with van der Waals surface area (Å²) in [7, 11) is 0. The highest BCUT2D eigenvalue weighted by Gasteiger charge is 2.01. The third-order valence-corrected chi connectivity index (χ3v) is 3.43. The lowest BCUT2D eigenvalue weighted by Gasteiger charge is -2.08. The Morgan fingerprint density at radius 3 is 1.90 bits per heavy atom. The van der Waals surface area contributed by atoms with Crippen molar-refractivity contribution in [1.29, 1.82) is 0 Å². The van der Waals surface area contributed by atoms with Crippen molar-refractivity contribution in [3.05, 3.63) is 17.5 Å². The number of nitrogens with zero attached hydrogens (tertiary/aromatic N) is 1. The van der Waals surface area contributed by atoms with E-state index in [0.717, 1.165) is 76.6 Å². The van der Waals surface area contributed by atoms with Gasteiger partial charge in [-0.3, -0.25) is 5.10 Å². The Hall–Kier alpha value is -0.950. The van der Waals surface area contributed by atoms with Gasteiger partial charge in [-0.2, -0.15) is 5.10 Å². The van der Waals surface area contributed by atoms with Crippen LogP contribution in [0.5, 0.6) is 0 Å². The number of nitrogens with one attached hydrogen (secondary N) is 5. The molecular weight excluding hydrogens is 252 g/mol. The molecule has 0 aromatic carbocycles. The van der Waals surface area contributed by atoms with Gasteiger partial charge in [0.2, 0.25) is 0 Å². The van der Waals surface area contributed by atoms with Crippen LogP contribution >= 0.6 is 0 Å². The van der Waals surface area contributed by atoms with Crippen molar-refractivity contribution in [3.63, 3.8) is 0 Å². The molecule has 1 aromatic rings. The highest BCUT2D eigenvalue weighted by atomic mass is 15.1. The van der Waals surface area contributed by atoms with Crippen LogP contribution < -0.4 is 21.3 Å². The van der Waals surface area contributed by atoms with Crippen molar-refractivity contribution >= 4 is 0 Å². The standard InChI is InChI=1S/C14H28N6/c1-4-15-6-2-8-17-11-13-10-14(20-19-13)12-18-9-3-7-16-5-1/h10,15-18H,1-9,11-12H2,(H,19,20). The van der Waals surface area contributed by atoms with E-state index in [0.29, 0.717) is 0 Å². The van der Waals surface area contributed by atoms with Crippen LogP contribution in [-0.2, 0) is 13.1 Å². The number of aromatic nitrogens is 2. The molecule has 0 saturated heterocycles. The Morgan fingerprint density at radius 2 is 1.25 bits per heavy atom. The molecule has 6 heteroatoms. The molecule has 2 bridgehead atoms. The van der Waals surface area contributed by atoms with E-state index in [9.17, 15) is 0 Å². The summed E-state index contributed by atoms with van der Waals surface area (Å²) in [5.74, 6) is 0. The first-order chi connectivity index (χ1) is 9.95. The van der Waals surface area contributed by atoms with Gasteiger partial charge in [0, 0.05) is 18.8 Å². The van der Waals surface area contributed by atoms with Crippen molar-refractivity contribution < 1.29 is 0 Å². The summed E-state index contributed by atoms with van der Waals surface area (Å²) in [6.07, 6.45) is 3.52. The van der Waals surface area contributed by atoms with Gasteiger partial charge in [0.15, 0.2) is 0 Å². The second-order valence-corrected chi connectivity index (χ2v) is 5.30. The summed E-state index contributed by atoms with van der Waals surface area (Å²) in [5.41, 5.74) is 2.26. The maximum Gasteiger partial charge on any atom is 0.0763 e. The largest absolute Gasteiger partial charge is 0.317 e. The smallest absolute Gasteiger partial charge is 0.0763 e. The first-order valence-electron chi connectivity index (χ1n) is 7.81. The van der Waals surface area contributed by atoms with E-state index in [1.807, 2.05) is 0 Å². The Balaban J connectivity index is 1.72. The van der Waals surface area contributed by atoms with E-state index in [2.05, 4.69) is 37.5 Å². The van der Waals surface area contributed by atoms with Crippen LogP contribution in [0.25, 0.3) is 0 Å². The fourth-order valence-corrected chi connectivity index (χ4v) is 2.30. The average molecular weight is 280 g/mol. The van der Waals surface area contributed by atoms with Crippen LogP contribution in [0.2, 0.25) is 0 Å². The van der Waals surface area contributed by atoms with Gasteiger partial charge in [0.05, 0.1) is 5.69 Å². The fourth-order valence-electron chi connectivity index (χ4n) is 2.30. The maximum atomic E-state index is 4.32. The van der Waals surface area contributed by atoms with Gasteiger partial charge in [0.1, 0.15) is 0 Å². The predicted molar refractivity (Wildman–Crippen MR) is 81.6 cm³/mol. The lowest BCUT2D eigenvalue weighted by molar-refractivity contribution is 0.550. The summed E-state index contributed by atoms with van der Waals surface area (Å²) in [5, 5.41) is 21.2. The van der Waals surface area contributed by atoms with Gasteiger partial charge in [-0.25, -0.2) is 0 Å². The van der Waals surface area contributed by atoms with E-state index in [4.69, 9.17) is 0 Å². The van der Waals surface area contributed by atoms with Gasteiger partial charge in [-0.15, -0.1) is 0 Å². The first kappa shape index (κ1) is 15.4. The molecule has 5 N–H and O–H groups in total. The van der Waals surface area contributed by atoms with Crippen LogP contribution in [-0.4, -0.2) is 49.5 Å². The molecule has 0 atom stereocenters. The number of hydrogen-bond donors (Lipinski definition) is 5. The van der Waals surface area contributed by atoms with Gasteiger partial charge < -0.3 is 21.3 Å². The molecule has 2 rings (SSSR count). The lowest BCUT2D eigenvalue weighted by Crippen LogP contribution is -2.26. The zero-order valence-electron chi connectivity index (χ0n) is 12.3. The highest BCUT2D eigenvalue weighted by Crippen LogP contribution is 1.99. The van der Waals surface area contributed by atoms with Crippen LogP contribution in [0, 0.1) is 0 Å². The molecule has 0 saturated carbocycles. The number of fused-ring (bicyclic) bond motifs is 2. The molecular formula is C14H28N6. The van der Waals surface area contributed by atoms with Crippen LogP contribution in [0.15, 0.2) is 6.07 Å². The summed E-state index contributed by atoms with van der Waals surface area (Å²) >= 11 is 0. The first-order valence-corrected chi connectivity index (χ1v) is 7.81. The molecule has 6 nitrogen and oxygen atoms in total. The van der Waals surface area contributed by atoms with E-state index in [-0.39, 0.29) is 0 Å². The minimum Gasteiger partial charge on any atom is -0.317 e. The van der Waals surface area contributed by atoms with Crippen LogP contribution in [0.4, 0.5) is 0 Å². The summed E-state index contributed by atoms with van der Waals surface area (Å²) in [6.45, 7) is 8.18. The third-order valence-electron chi connectivity index (χ3n) is 3.43. The van der Waals surface area contributed by atoms with E-state index in [1.165, 1.54) is 6.42 Å². The molecule has 0 aliphatic carbocycles. The summed E-state index contributed by atoms with van der Waals surface area (Å²) in [6, 6.07) is 2.14. The van der Waals surface area contributed by atoms with Crippen molar-refractivity contribution in [3.8, 4) is 0 Å². The maximum absolute atomic E-state index is 4.32. The molecule has 0 unspecified atom stereocenters. The van der Waals surface area contributed by atoms with Crippen molar-refractivity contribution in [2.45, 2.75) is 32.4 Å². The Bertz CT molecular complexity index is 321. The Morgan fingerprint density at radius 1 is 0.700 bits per heavy atom. The molecule has 2 heterocycles. The molecule has 1 aromatic heterocycles. The molecule has 0 spiro atoms. The topological polar surface area (TPSA) is 76.8 Å². The molecule has 1 aliphatic heterocycles. The van der Waals surface area contributed by atoms with E-state index >= 15 is 0 Å². The number of hydrogen-bond acceptors (Lipinski definition) is 5. The zero-order valence-corrected chi connectivity index (χ0v) is 12.3. The molecule has 20 heavy (non-hydrogen) atoms.